The number of thioether (sulfide) groups is 1. The summed E-state index contributed by atoms with van der Waals surface area (Å²) in [5, 5.41) is 10.9. The van der Waals surface area contributed by atoms with Crippen LogP contribution in [0.25, 0.3) is 0 Å². The zero-order valence-corrected chi connectivity index (χ0v) is 23.0. The van der Waals surface area contributed by atoms with Crippen molar-refractivity contribution in [1.29, 1.82) is 0 Å². The van der Waals surface area contributed by atoms with Gasteiger partial charge in [0.2, 0.25) is 5.12 Å². The van der Waals surface area contributed by atoms with Gasteiger partial charge in [0.1, 0.15) is 12.2 Å². The third-order valence-corrected chi connectivity index (χ3v) is 11.5. The van der Waals surface area contributed by atoms with Gasteiger partial charge in [-0.15, -0.1) is 0 Å². The second kappa shape index (κ2) is 9.50. The maximum atomic E-state index is 17.4. The van der Waals surface area contributed by atoms with Crippen molar-refractivity contribution in [3.63, 3.8) is 0 Å². The molecule has 5 aliphatic carbocycles. The second-order valence-corrected chi connectivity index (χ2v) is 13.4. The lowest BCUT2D eigenvalue weighted by Gasteiger charge is -2.63. The van der Waals surface area contributed by atoms with Crippen LogP contribution in [0.15, 0.2) is 23.8 Å². The monoisotopic (exact) mass is 554 g/mol. The first-order chi connectivity index (χ1) is 17.9. The Balaban J connectivity index is 1.59. The summed E-state index contributed by atoms with van der Waals surface area (Å²) in [6.45, 7) is 4.99. The molecule has 0 radical (unpaired) electrons. The summed E-state index contributed by atoms with van der Waals surface area (Å²) >= 11 is 0.432. The fourth-order valence-corrected chi connectivity index (χ4v) is 9.74. The summed E-state index contributed by atoms with van der Waals surface area (Å²) in [4.78, 5) is 39.2. The number of hydrogen-bond acceptors (Lipinski definition) is 6. The number of aliphatic hydroxyl groups is 1. The van der Waals surface area contributed by atoms with E-state index in [1.54, 1.807) is 13.8 Å². The van der Waals surface area contributed by atoms with Gasteiger partial charge in [-0.2, -0.15) is 0 Å². The number of alkyl halides is 3. The SMILES string of the molecule is C[C@@H]1C[C@H]2[C@@H]3C[C@H](F)C4=CC(=O)C=C[C@]4(C)[C@@]3(F)[C@@H](O)C[C@]2(C)[C@@]1(OC(=O)C1CCCCC1)C(=O)SCF. The first-order valence-electron chi connectivity index (χ1n) is 13.8. The van der Waals surface area contributed by atoms with Crippen molar-refractivity contribution in [2.24, 2.45) is 34.5 Å². The van der Waals surface area contributed by atoms with E-state index in [4.69, 9.17) is 4.74 Å². The van der Waals surface area contributed by atoms with E-state index in [-0.39, 0.29) is 30.8 Å². The molecule has 1 N–H and O–H groups in total. The van der Waals surface area contributed by atoms with Gasteiger partial charge in [0.25, 0.3) is 0 Å². The lowest BCUT2D eigenvalue weighted by Crippen LogP contribution is -2.70. The molecule has 0 saturated heterocycles. The fraction of sp³-hybridized carbons (Fsp3) is 0.759. The van der Waals surface area contributed by atoms with E-state index < -0.39 is 75.0 Å². The highest BCUT2D eigenvalue weighted by Crippen LogP contribution is 2.72. The first kappa shape index (κ1) is 27.9. The predicted octanol–water partition coefficient (Wildman–Crippen LogP) is 5.60. The lowest BCUT2D eigenvalue weighted by molar-refractivity contribution is -0.230. The number of halogens is 3. The summed E-state index contributed by atoms with van der Waals surface area (Å²) in [6, 6.07) is -1.01. The second-order valence-electron chi connectivity index (χ2n) is 12.5. The molecule has 0 spiro atoms. The van der Waals surface area contributed by atoms with Crippen LogP contribution in [-0.2, 0) is 19.1 Å². The van der Waals surface area contributed by atoms with Crippen LogP contribution in [0.2, 0.25) is 0 Å². The normalized spacial score (nSPS) is 46.6. The van der Waals surface area contributed by atoms with E-state index in [1.165, 1.54) is 19.1 Å². The van der Waals surface area contributed by atoms with Crippen molar-refractivity contribution < 1.29 is 37.4 Å². The molecule has 5 nitrogen and oxygen atoms in total. The smallest absolute Gasteiger partial charge is 0.309 e. The number of rotatable bonds is 4. The van der Waals surface area contributed by atoms with Gasteiger partial charge >= 0.3 is 5.97 Å². The highest BCUT2D eigenvalue weighted by Gasteiger charge is 2.78. The minimum Gasteiger partial charge on any atom is -0.449 e. The molecule has 5 rings (SSSR count). The summed E-state index contributed by atoms with van der Waals surface area (Å²) in [5.74, 6) is -3.50. The third kappa shape index (κ3) is 3.59. The molecule has 210 valence electrons. The van der Waals surface area contributed by atoms with Crippen LogP contribution in [0.1, 0.15) is 72.1 Å². The molecule has 4 saturated carbocycles. The summed E-state index contributed by atoms with van der Waals surface area (Å²) in [7, 11) is 0. The summed E-state index contributed by atoms with van der Waals surface area (Å²) in [5.41, 5.74) is -6.83. The van der Waals surface area contributed by atoms with E-state index in [1.807, 2.05) is 0 Å². The standard InChI is InChI=1S/C29H37F3O5S/c1-16-11-19-20-13-22(31)21-12-18(33)9-10-26(21,2)28(20,32)23(34)14-27(19,3)29(16,25(36)38-15-30)37-24(35)17-7-5-4-6-8-17/h9-10,12,16-17,19-20,22-23,34H,4-8,11,13-15H2,1-3H3/t16-,19+,20+,22+,23+,26+,27+,28+,29+/m1/s1. The highest BCUT2D eigenvalue weighted by atomic mass is 32.2. The Labute approximate surface area is 226 Å². The number of carbonyl (C=O) groups excluding carboxylic acids is 3. The van der Waals surface area contributed by atoms with E-state index in [0.29, 0.717) is 24.6 Å². The van der Waals surface area contributed by atoms with Gasteiger partial charge in [-0.05, 0) is 74.4 Å². The van der Waals surface area contributed by atoms with Crippen LogP contribution in [0.5, 0.6) is 0 Å². The number of carbonyl (C=O) groups is 3. The van der Waals surface area contributed by atoms with Crippen molar-refractivity contribution in [3.05, 3.63) is 23.8 Å². The number of hydrogen-bond donors (Lipinski definition) is 1. The predicted molar refractivity (Wildman–Crippen MR) is 137 cm³/mol. The van der Waals surface area contributed by atoms with Gasteiger partial charge in [-0.3, -0.25) is 14.4 Å². The summed E-state index contributed by atoms with van der Waals surface area (Å²) in [6.07, 6.45) is 4.34. The zero-order chi connectivity index (χ0) is 27.7. The number of aliphatic hydroxyl groups excluding tert-OH is 1. The fourth-order valence-electron chi connectivity index (χ4n) is 8.95. The van der Waals surface area contributed by atoms with E-state index in [2.05, 4.69) is 0 Å². The number of fused-ring (bicyclic) bond motifs is 5. The average Bonchev–Trinajstić information content (AvgIpc) is 3.10. The molecule has 9 atom stereocenters. The first-order valence-corrected chi connectivity index (χ1v) is 14.8. The van der Waals surface area contributed by atoms with Gasteiger partial charge in [0.05, 0.1) is 12.0 Å². The molecule has 0 aromatic heterocycles. The molecule has 0 bridgehead atoms. The third-order valence-electron chi connectivity index (χ3n) is 10.9. The van der Waals surface area contributed by atoms with Crippen molar-refractivity contribution in [2.75, 3.05) is 6.01 Å². The minimum atomic E-state index is -2.30. The Morgan fingerprint density at radius 1 is 1.16 bits per heavy atom. The Hall–Kier alpha value is -1.61. The minimum absolute atomic E-state index is 0.0245. The van der Waals surface area contributed by atoms with Crippen LogP contribution in [0, 0.1) is 34.5 Å². The van der Waals surface area contributed by atoms with Crippen molar-refractivity contribution in [3.8, 4) is 0 Å². The van der Waals surface area contributed by atoms with Crippen LogP contribution in [0.3, 0.4) is 0 Å². The summed E-state index contributed by atoms with van der Waals surface area (Å²) < 4.78 is 52.9. The van der Waals surface area contributed by atoms with Gasteiger partial charge in [-0.25, -0.2) is 13.2 Å². The molecule has 0 amide bonds. The topological polar surface area (TPSA) is 80.7 Å². The van der Waals surface area contributed by atoms with Gasteiger partial charge in [0.15, 0.2) is 17.1 Å². The molecule has 38 heavy (non-hydrogen) atoms. The zero-order valence-electron chi connectivity index (χ0n) is 22.2. The molecule has 9 heteroatoms. The average molecular weight is 555 g/mol. The van der Waals surface area contributed by atoms with Crippen LogP contribution in [-0.4, -0.2) is 51.5 Å². The number of esters is 1. The maximum Gasteiger partial charge on any atom is 0.309 e. The van der Waals surface area contributed by atoms with Crippen LogP contribution < -0.4 is 0 Å². The number of allylic oxidation sites excluding steroid dienone is 4. The molecule has 5 aliphatic rings. The largest absolute Gasteiger partial charge is 0.449 e. The van der Waals surface area contributed by atoms with Crippen molar-refractivity contribution in [1.82, 2.24) is 0 Å². The van der Waals surface area contributed by atoms with Crippen molar-refractivity contribution >= 4 is 28.6 Å². The van der Waals surface area contributed by atoms with E-state index in [9.17, 15) is 23.9 Å². The number of ketones is 1. The number of ether oxygens (including phenoxy) is 1. The molecular weight excluding hydrogens is 517 g/mol. The molecule has 0 aromatic carbocycles. The molecule has 0 unspecified atom stereocenters. The van der Waals surface area contributed by atoms with Crippen molar-refractivity contribution in [2.45, 2.75) is 95.7 Å². The molecule has 0 aliphatic heterocycles. The maximum absolute atomic E-state index is 17.4. The Morgan fingerprint density at radius 3 is 2.50 bits per heavy atom. The van der Waals surface area contributed by atoms with Gasteiger partial charge in [0, 0.05) is 22.7 Å². The molecule has 0 heterocycles. The van der Waals surface area contributed by atoms with Crippen LogP contribution >= 0.6 is 11.8 Å². The Bertz CT molecular complexity index is 1090. The molecule has 0 aromatic rings. The quantitative estimate of drug-likeness (QED) is 0.456. The Morgan fingerprint density at radius 2 is 1.84 bits per heavy atom. The van der Waals surface area contributed by atoms with E-state index in [0.717, 1.165) is 25.3 Å². The Kier molecular flexibility index (Phi) is 6.98. The van der Waals surface area contributed by atoms with E-state index >= 15 is 8.78 Å². The highest BCUT2D eigenvalue weighted by molar-refractivity contribution is 8.13. The molecular formula is C29H37F3O5S. The molecule has 4 fully saturated rings. The van der Waals surface area contributed by atoms with Gasteiger partial charge < -0.3 is 9.84 Å². The lowest BCUT2D eigenvalue weighted by atomic mass is 9.44. The van der Waals surface area contributed by atoms with Gasteiger partial charge in [-0.1, -0.05) is 39.2 Å². The van der Waals surface area contributed by atoms with Crippen LogP contribution in [0.4, 0.5) is 13.2 Å².